The molecule has 0 aliphatic rings. The van der Waals surface area contributed by atoms with Gasteiger partial charge in [0, 0.05) is 20.3 Å². The third kappa shape index (κ3) is 19.9. The number of aliphatic imine (C=N–C) groups is 1. The molecule has 0 radical (unpaired) electrons. The number of nitrogens with zero attached hydrogens (tertiary/aromatic N) is 1. The summed E-state index contributed by atoms with van der Waals surface area (Å²) in [6.45, 7) is 0.0554. The van der Waals surface area contributed by atoms with E-state index in [2.05, 4.69) is 4.99 Å². The van der Waals surface area contributed by atoms with Gasteiger partial charge in [-0.05, 0) is 12.8 Å². The minimum absolute atomic E-state index is 0. The molecule has 9 nitrogen and oxygen atoms in total. The number of carbonyl (C=O) groups is 1. The summed E-state index contributed by atoms with van der Waals surface area (Å²) < 4.78 is 10.2. The summed E-state index contributed by atoms with van der Waals surface area (Å²) in [5.41, 5.74) is 10.2. The Bertz CT molecular complexity index is 326. The molecule has 0 amide bonds. The Labute approximate surface area is 177 Å². The number of hydrogen-bond acceptors (Lipinski definition) is 7. The van der Waals surface area contributed by atoms with Gasteiger partial charge in [-0.1, -0.05) is 0 Å². The first-order valence-corrected chi connectivity index (χ1v) is 5.83. The SMILES string of the molecule is NC(=NCCC[C@H](N)C(=O)[O-])NP(=O)([O-])[O-].[Na+].[Na+].[Na+]. The van der Waals surface area contributed by atoms with Crippen LogP contribution in [0.4, 0.5) is 0 Å². The fourth-order valence-corrected chi connectivity index (χ4v) is 1.16. The maximum Gasteiger partial charge on any atom is 1.00 e. The van der Waals surface area contributed by atoms with Gasteiger partial charge >= 0.3 is 88.7 Å². The van der Waals surface area contributed by atoms with E-state index in [1.165, 1.54) is 5.09 Å². The summed E-state index contributed by atoms with van der Waals surface area (Å²) in [6, 6.07) is -1.10. The molecule has 5 N–H and O–H groups in total. The van der Waals surface area contributed by atoms with Crippen molar-refractivity contribution in [2.24, 2.45) is 16.5 Å². The van der Waals surface area contributed by atoms with E-state index in [1.807, 2.05) is 0 Å². The van der Waals surface area contributed by atoms with E-state index in [0.29, 0.717) is 0 Å². The van der Waals surface area contributed by atoms with Gasteiger partial charge in [-0.3, -0.25) is 4.99 Å². The van der Waals surface area contributed by atoms with Crippen molar-refractivity contribution >= 4 is 19.7 Å². The van der Waals surface area contributed by atoms with Crippen molar-refractivity contribution in [1.29, 1.82) is 0 Å². The summed E-state index contributed by atoms with van der Waals surface area (Å²) >= 11 is 0. The Balaban J connectivity index is -0.000000375. The van der Waals surface area contributed by atoms with Gasteiger partial charge in [0.15, 0.2) is 5.96 Å². The van der Waals surface area contributed by atoms with Crippen molar-refractivity contribution in [3.05, 3.63) is 0 Å². The van der Waals surface area contributed by atoms with E-state index in [1.54, 1.807) is 0 Å². The second-order valence-electron chi connectivity index (χ2n) is 2.94. The first-order valence-electron chi connectivity index (χ1n) is 4.29. The first-order chi connectivity index (χ1) is 7.22. The van der Waals surface area contributed by atoms with E-state index in [0.717, 1.165) is 0 Å². The summed E-state index contributed by atoms with van der Waals surface area (Å²) in [4.78, 5) is 34.0. The number of guanidine groups is 1. The zero-order chi connectivity index (χ0) is 12.8. The van der Waals surface area contributed by atoms with Crippen molar-refractivity contribution in [2.45, 2.75) is 18.9 Å². The molecule has 0 bridgehead atoms. The Morgan fingerprint density at radius 3 is 2.16 bits per heavy atom. The average molecular weight is 320 g/mol. The first kappa shape index (κ1) is 28.9. The molecule has 0 aromatic rings. The van der Waals surface area contributed by atoms with Crippen molar-refractivity contribution < 1.29 is 113 Å². The van der Waals surface area contributed by atoms with Gasteiger partial charge in [-0.15, -0.1) is 0 Å². The molecule has 1 atom stereocenters. The Kier molecular flexibility index (Phi) is 22.5. The van der Waals surface area contributed by atoms with Crippen LogP contribution < -0.4 is 120 Å². The van der Waals surface area contributed by atoms with Crippen molar-refractivity contribution in [3.8, 4) is 0 Å². The Hall–Kier alpha value is 1.85. The van der Waals surface area contributed by atoms with Gasteiger partial charge in [0.05, 0.1) is 5.97 Å². The monoisotopic (exact) mass is 320 g/mol. The second-order valence-corrected chi connectivity index (χ2v) is 4.16. The van der Waals surface area contributed by atoms with Crippen LogP contribution in [0.3, 0.4) is 0 Å². The van der Waals surface area contributed by atoms with Crippen molar-refractivity contribution in [2.75, 3.05) is 6.54 Å². The van der Waals surface area contributed by atoms with Crippen molar-refractivity contribution in [3.63, 3.8) is 0 Å². The summed E-state index contributed by atoms with van der Waals surface area (Å²) in [5.74, 6) is -1.91. The molecule has 0 saturated carbocycles. The second kappa shape index (κ2) is 14.8. The van der Waals surface area contributed by atoms with Crippen LogP contribution in [-0.4, -0.2) is 24.5 Å². The number of aliphatic carboxylic acids is 1. The molecule has 0 aliphatic heterocycles. The molecule has 0 unspecified atom stereocenters. The number of rotatable bonds is 6. The predicted octanol–water partition coefficient (Wildman–Crippen LogP) is -13.4. The van der Waals surface area contributed by atoms with Crippen LogP contribution in [0.25, 0.3) is 0 Å². The number of carboxylic acid groups (broad SMARTS) is 1. The Morgan fingerprint density at radius 1 is 1.32 bits per heavy atom. The fraction of sp³-hybridized carbons (Fsp3) is 0.667. The average Bonchev–Trinajstić information content (AvgIpc) is 2.08. The predicted molar refractivity (Wildman–Crippen MR) is 49.4 cm³/mol. The van der Waals surface area contributed by atoms with Crippen LogP contribution in [0.1, 0.15) is 12.8 Å². The molecular weight excluding hydrogens is 308 g/mol. The molecular formula is C6H12N4Na3O5P. The molecule has 0 spiro atoms. The molecule has 0 saturated heterocycles. The Morgan fingerprint density at radius 2 is 1.79 bits per heavy atom. The minimum atomic E-state index is -4.94. The van der Waals surface area contributed by atoms with Gasteiger partial charge < -0.3 is 40.8 Å². The molecule has 0 fully saturated rings. The largest absolute Gasteiger partial charge is 1.00 e. The van der Waals surface area contributed by atoms with Crippen LogP contribution >= 0.6 is 7.75 Å². The summed E-state index contributed by atoms with van der Waals surface area (Å²) in [7, 11) is -4.94. The molecule has 0 aromatic carbocycles. The van der Waals surface area contributed by atoms with Crippen LogP contribution in [-0.2, 0) is 9.36 Å². The molecule has 0 aromatic heterocycles. The summed E-state index contributed by atoms with van der Waals surface area (Å²) in [5, 5.41) is 11.6. The van der Waals surface area contributed by atoms with E-state index in [-0.39, 0.29) is 108 Å². The van der Waals surface area contributed by atoms with Crippen LogP contribution in [0, 0.1) is 0 Å². The van der Waals surface area contributed by atoms with Gasteiger partial charge in [-0.25, -0.2) is 0 Å². The van der Waals surface area contributed by atoms with E-state index >= 15 is 0 Å². The van der Waals surface area contributed by atoms with E-state index < -0.39 is 25.7 Å². The minimum Gasteiger partial charge on any atom is -0.795 e. The third-order valence-electron chi connectivity index (χ3n) is 1.51. The number of hydrogen-bond donors (Lipinski definition) is 3. The number of carboxylic acids is 1. The van der Waals surface area contributed by atoms with Crippen LogP contribution in [0.15, 0.2) is 4.99 Å². The smallest absolute Gasteiger partial charge is 0.795 e. The number of nitrogens with two attached hydrogens (primary N) is 2. The summed E-state index contributed by atoms with van der Waals surface area (Å²) in [6.07, 6.45) is 0.394. The van der Waals surface area contributed by atoms with Gasteiger partial charge in [0.1, 0.15) is 0 Å². The van der Waals surface area contributed by atoms with E-state index in [9.17, 15) is 24.3 Å². The molecule has 94 valence electrons. The maximum absolute atomic E-state index is 10.2. The van der Waals surface area contributed by atoms with Crippen LogP contribution in [0.5, 0.6) is 0 Å². The zero-order valence-electron chi connectivity index (χ0n) is 11.3. The topological polar surface area (TPSA) is 180 Å². The standard InChI is InChI=1S/C6H15N4O5P.3Na/c7-4(5(11)12)2-1-3-9-6(8)10-16(13,14)15;;;/h4H,1-3,7H2,(H,11,12)(H5,8,9,10,13,14,15);;;/q;3*+1/p-3/t4-;;;/m0.../s1. The van der Waals surface area contributed by atoms with Gasteiger partial charge in [0.25, 0.3) is 0 Å². The molecule has 0 aliphatic carbocycles. The van der Waals surface area contributed by atoms with Crippen molar-refractivity contribution in [1.82, 2.24) is 5.09 Å². The number of carbonyl (C=O) groups excluding carboxylic acids is 1. The molecule has 13 heteroatoms. The van der Waals surface area contributed by atoms with E-state index in [4.69, 9.17) is 11.5 Å². The third-order valence-corrected chi connectivity index (χ3v) is 2.01. The molecule has 19 heavy (non-hydrogen) atoms. The molecule has 0 rings (SSSR count). The quantitative estimate of drug-likeness (QED) is 0.142. The molecule has 0 heterocycles. The van der Waals surface area contributed by atoms with Gasteiger partial charge in [-0.2, -0.15) is 0 Å². The number of nitrogens with one attached hydrogen (secondary N) is 1. The normalized spacial score (nSPS) is 12.3. The maximum atomic E-state index is 10.2. The van der Waals surface area contributed by atoms with Gasteiger partial charge in [0.2, 0.25) is 0 Å². The zero-order valence-corrected chi connectivity index (χ0v) is 18.2. The van der Waals surface area contributed by atoms with Crippen LogP contribution in [0.2, 0.25) is 0 Å². The fourth-order valence-electron chi connectivity index (χ4n) is 0.804.